The van der Waals surface area contributed by atoms with Gasteiger partial charge in [0, 0.05) is 6.07 Å². The molecule has 0 unspecified atom stereocenters. The van der Waals surface area contributed by atoms with E-state index in [1.807, 2.05) is 19.1 Å². The second-order valence-electron chi connectivity index (χ2n) is 8.17. The van der Waals surface area contributed by atoms with Gasteiger partial charge in [0.25, 0.3) is 10.0 Å². The molecule has 9 nitrogen and oxygen atoms in total. The molecule has 0 radical (unpaired) electrons. The number of sulfonamides is 1. The summed E-state index contributed by atoms with van der Waals surface area (Å²) >= 11 is 0. The highest BCUT2D eigenvalue weighted by atomic mass is 32.2. The van der Waals surface area contributed by atoms with Crippen LogP contribution in [0.2, 0.25) is 0 Å². The molecule has 0 fully saturated rings. The van der Waals surface area contributed by atoms with E-state index in [4.69, 9.17) is 18.9 Å². The van der Waals surface area contributed by atoms with Crippen molar-refractivity contribution in [3.05, 3.63) is 72.3 Å². The summed E-state index contributed by atoms with van der Waals surface area (Å²) in [4.78, 5) is 13.0. The Morgan fingerprint density at radius 3 is 2.39 bits per heavy atom. The molecular weight excluding hydrogens is 484 g/mol. The van der Waals surface area contributed by atoms with Crippen LogP contribution in [0.15, 0.2) is 71.6 Å². The molecule has 3 aromatic rings. The minimum Gasteiger partial charge on any atom is -0.493 e. The number of hydrogen-bond acceptors (Lipinski definition) is 7. The van der Waals surface area contributed by atoms with Gasteiger partial charge < -0.3 is 24.3 Å². The van der Waals surface area contributed by atoms with Crippen molar-refractivity contribution in [1.82, 2.24) is 5.32 Å². The molecule has 0 saturated heterocycles. The summed E-state index contributed by atoms with van der Waals surface area (Å²) in [7, 11) is -1.13. The Labute approximate surface area is 210 Å². The van der Waals surface area contributed by atoms with Gasteiger partial charge in [-0.1, -0.05) is 29.8 Å². The van der Waals surface area contributed by atoms with Crippen LogP contribution in [0.25, 0.3) is 0 Å². The van der Waals surface area contributed by atoms with Crippen LogP contribution in [0, 0.1) is 6.92 Å². The Bertz CT molecular complexity index is 1330. The number of methoxy groups -OCH3 is 2. The minimum absolute atomic E-state index is 0.0660. The van der Waals surface area contributed by atoms with Crippen LogP contribution in [-0.4, -0.2) is 54.3 Å². The highest BCUT2D eigenvalue weighted by Gasteiger charge is 2.29. The Morgan fingerprint density at radius 1 is 1.00 bits per heavy atom. The van der Waals surface area contributed by atoms with Gasteiger partial charge in [0.05, 0.1) is 31.3 Å². The lowest BCUT2D eigenvalue weighted by Gasteiger charge is -2.28. The molecule has 1 amide bonds. The lowest BCUT2D eigenvalue weighted by Crippen LogP contribution is -2.45. The van der Waals surface area contributed by atoms with E-state index in [0.717, 1.165) is 9.87 Å². The number of rotatable bonds is 9. The number of ether oxygens (including phenoxy) is 4. The molecule has 1 aliphatic rings. The highest BCUT2D eigenvalue weighted by Crippen LogP contribution is 2.34. The second kappa shape index (κ2) is 10.8. The van der Waals surface area contributed by atoms with Gasteiger partial charge in [-0.2, -0.15) is 0 Å². The van der Waals surface area contributed by atoms with Gasteiger partial charge in [0.2, 0.25) is 5.91 Å². The average Bonchev–Trinajstić information content (AvgIpc) is 2.90. The van der Waals surface area contributed by atoms with Crippen LogP contribution in [0.4, 0.5) is 5.69 Å². The molecule has 0 spiro atoms. The summed E-state index contributed by atoms with van der Waals surface area (Å²) in [5.41, 5.74) is 1.18. The topological polar surface area (TPSA) is 103 Å². The van der Waals surface area contributed by atoms with Gasteiger partial charge >= 0.3 is 0 Å². The number of fused-ring (bicyclic) bond motifs is 1. The molecule has 1 N–H and O–H groups in total. The number of hydrogen-bond donors (Lipinski definition) is 1. The van der Waals surface area contributed by atoms with Crippen LogP contribution in [0.5, 0.6) is 23.0 Å². The first kappa shape index (κ1) is 25.2. The molecule has 3 aromatic carbocycles. The smallest absolute Gasteiger partial charge is 0.264 e. The Hall–Kier alpha value is -3.92. The minimum atomic E-state index is -4.07. The Kier molecular flexibility index (Phi) is 7.54. The van der Waals surface area contributed by atoms with Crippen LogP contribution in [0.3, 0.4) is 0 Å². The predicted octanol–water partition coefficient (Wildman–Crippen LogP) is 3.16. The molecule has 0 bridgehead atoms. The number of carbonyl (C=O) groups is 1. The zero-order valence-electron chi connectivity index (χ0n) is 20.3. The molecule has 0 aliphatic carbocycles. The fraction of sp³-hybridized carbons (Fsp3) is 0.269. The zero-order chi connectivity index (χ0) is 25.7. The average molecular weight is 513 g/mol. The third-order valence-electron chi connectivity index (χ3n) is 5.65. The molecule has 4 rings (SSSR count). The van der Waals surface area contributed by atoms with Gasteiger partial charge in [-0.25, -0.2) is 8.42 Å². The highest BCUT2D eigenvalue weighted by molar-refractivity contribution is 7.92. The molecule has 36 heavy (non-hydrogen) atoms. The first-order chi connectivity index (χ1) is 17.3. The van der Waals surface area contributed by atoms with E-state index < -0.39 is 28.6 Å². The summed E-state index contributed by atoms with van der Waals surface area (Å²) in [5.74, 6) is 1.52. The summed E-state index contributed by atoms with van der Waals surface area (Å²) in [6, 6.07) is 18.4. The number of para-hydroxylation sites is 2. The maximum absolute atomic E-state index is 13.6. The van der Waals surface area contributed by atoms with Gasteiger partial charge in [0.1, 0.15) is 19.3 Å². The molecule has 1 heterocycles. The summed E-state index contributed by atoms with van der Waals surface area (Å²) < 4.78 is 50.4. The zero-order valence-corrected chi connectivity index (χ0v) is 21.1. The van der Waals surface area contributed by atoms with Gasteiger partial charge in [0.15, 0.2) is 23.0 Å². The maximum atomic E-state index is 13.6. The summed E-state index contributed by atoms with van der Waals surface area (Å²) in [5, 5.41) is 2.76. The number of anilines is 1. The molecule has 190 valence electrons. The van der Waals surface area contributed by atoms with Gasteiger partial charge in [-0.15, -0.1) is 0 Å². The Balaban J connectivity index is 1.55. The standard InChI is InChI=1S/C26H28N2O7S/c1-18-8-11-21(12-9-18)36(30,31)28(19-10-13-22(32-2)25(14-19)33-3)16-26(29)27-15-20-17-34-23-6-4-5-7-24(23)35-20/h4-14,20H,15-17H2,1-3H3,(H,27,29)/t20-/m0/s1. The van der Waals surface area contributed by atoms with Crippen molar-refractivity contribution in [2.75, 3.05) is 38.2 Å². The molecular formula is C26H28N2O7S. The van der Waals surface area contributed by atoms with E-state index in [1.54, 1.807) is 36.4 Å². The number of nitrogens with one attached hydrogen (secondary N) is 1. The van der Waals surface area contributed by atoms with E-state index >= 15 is 0 Å². The number of amides is 1. The van der Waals surface area contributed by atoms with Crippen LogP contribution in [-0.2, 0) is 14.8 Å². The molecule has 1 aliphatic heterocycles. The normalized spacial score (nSPS) is 14.6. The molecule has 1 atom stereocenters. The Morgan fingerprint density at radius 2 is 1.69 bits per heavy atom. The van der Waals surface area contributed by atoms with E-state index in [1.165, 1.54) is 32.4 Å². The number of nitrogens with zero attached hydrogens (tertiary/aromatic N) is 1. The SMILES string of the molecule is COc1ccc(N(CC(=O)NC[C@H]2COc3ccccc3O2)S(=O)(=O)c2ccc(C)cc2)cc1OC. The lowest BCUT2D eigenvalue weighted by atomic mass is 10.2. The molecule has 10 heteroatoms. The van der Waals surface area contributed by atoms with E-state index in [2.05, 4.69) is 5.32 Å². The van der Waals surface area contributed by atoms with Crippen LogP contribution >= 0.6 is 0 Å². The van der Waals surface area contributed by atoms with Crippen molar-refractivity contribution in [2.45, 2.75) is 17.9 Å². The van der Waals surface area contributed by atoms with Crippen molar-refractivity contribution < 1.29 is 32.2 Å². The fourth-order valence-electron chi connectivity index (χ4n) is 3.71. The first-order valence-corrected chi connectivity index (χ1v) is 12.7. The van der Waals surface area contributed by atoms with E-state index in [-0.39, 0.29) is 23.7 Å². The summed E-state index contributed by atoms with van der Waals surface area (Å²) in [6.07, 6.45) is -0.410. The lowest BCUT2D eigenvalue weighted by molar-refractivity contribution is -0.120. The van der Waals surface area contributed by atoms with Crippen molar-refractivity contribution in [3.8, 4) is 23.0 Å². The van der Waals surface area contributed by atoms with Gasteiger partial charge in [-0.3, -0.25) is 9.10 Å². The monoisotopic (exact) mass is 512 g/mol. The quantitative estimate of drug-likeness (QED) is 0.470. The summed E-state index contributed by atoms with van der Waals surface area (Å²) in [6.45, 7) is 1.83. The maximum Gasteiger partial charge on any atom is 0.264 e. The number of aryl methyl sites for hydroxylation is 1. The first-order valence-electron chi connectivity index (χ1n) is 11.3. The van der Waals surface area contributed by atoms with E-state index in [9.17, 15) is 13.2 Å². The van der Waals surface area contributed by atoms with E-state index in [0.29, 0.717) is 23.0 Å². The number of benzene rings is 3. The van der Waals surface area contributed by atoms with Crippen molar-refractivity contribution in [1.29, 1.82) is 0 Å². The van der Waals surface area contributed by atoms with Crippen molar-refractivity contribution in [2.24, 2.45) is 0 Å². The van der Waals surface area contributed by atoms with Gasteiger partial charge in [-0.05, 0) is 43.3 Å². The van der Waals surface area contributed by atoms with Crippen molar-refractivity contribution in [3.63, 3.8) is 0 Å². The predicted molar refractivity (Wildman–Crippen MR) is 135 cm³/mol. The molecule has 0 aromatic heterocycles. The fourth-order valence-corrected chi connectivity index (χ4v) is 5.12. The van der Waals surface area contributed by atoms with Crippen LogP contribution in [0.1, 0.15) is 5.56 Å². The molecule has 0 saturated carbocycles. The second-order valence-corrected chi connectivity index (χ2v) is 10.0. The third-order valence-corrected chi connectivity index (χ3v) is 7.43. The van der Waals surface area contributed by atoms with Crippen molar-refractivity contribution >= 4 is 21.6 Å². The largest absolute Gasteiger partial charge is 0.493 e. The number of carbonyl (C=O) groups excluding carboxylic acids is 1. The van der Waals surface area contributed by atoms with Crippen LogP contribution < -0.4 is 28.6 Å². The third kappa shape index (κ3) is 5.49.